The molecule has 0 atom stereocenters. The van der Waals surface area contributed by atoms with Gasteiger partial charge < -0.3 is 0 Å². The highest BCUT2D eigenvalue weighted by Crippen LogP contribution is 2.19. The lowest BCUT2D eigenvalue weighted by Gasteiger charge is -2.03. The van der Waals surface area contributed by atoms with Crippen molar-refractivity contribution in [2.45, 2.75) is 6.42 Å². The molecule has 1 heterocycles. The molecule has 0 aliphatic heterocycles. The molecule has 2 rings (SSSR count). The first-order valence-corrected chi connectivity index (χ1v) is 5.62. The highest BCUT2D eigenvalue weighted by Gasteiger charge is 2.06. The van der Waals surface area contributed by atoms with E-state index in [1.54, 1.807) is 30.5 Å². The third-order valence-electron chi connectivity index (χ3n) is 2.19. The molecule has 16 heavy (non-hydrogen) atoms. The molecule has 0 bridgehead atoms. The van der Waals surface area contributed by atoms with Crippen molar-refractivity contribution in [3.63, 3.8) is 0 Å². The lowest BCUT2D eigenvalue weighted by molar-refractivity contribution is 0.630. The van der Waals surface area contributed by atoms with E-state index in [1.165, 1.54) is 6.07 Å². The van der Waals surface area contributed by atoms with Crippen molar-refractivity contribution in [3.8, 4) is 11.3 Å². The van der Waals surface area contributed by atoms with Gasteiger partial charge in [0.05, 0.1) is 5.69 Å². The monoisotopic (exact) mass is 234 g/mol. The Bertz CT molecular complexity index is 488. The Morgan fingerprint density at radius 3 is 2.75 bits per heavy atom. The van der Waals surface area contributed by atoms with Gasteiger partial charge in [0, 0.05) is 18.2 Å². The van der Waals surface area contributed by atoms with E-state index in [-0.39, 0.29) is 5.82 Å². The Morgan fingerprint density at radius 2 is 2.00 bits per heavy atom. The van der Waals surface area contributed by atoms with Crippen molar-refractivity contribution in [1.29, 1.82) is 0 Å². The molecule has 1 aromatic carbocycles. The summed E-state index contributed by atoms with van der Waals surface area (Å²) in [4.78, 5) is 8.40. The largest absolute Gasteiger partial charge is 0.241 e. The van der Waals surface area contributed by atoms with Gasteiger partial charge in [-0.3, -0.25) is 0 Å². The van der Waals surface area contributed by atoms with Crippen molar-refractivity contribution in [1.82, 2.24) is 9.97 Å². The summed E-state index contributed by atoms with van der Waals surface area (Å²) in [5.41, 5.74) is 1.12. The van der Waals surface area contributed by atoms with Crippen LogP contribution in [0, 0.1) is 5.82 Å². The SMILES string of the molecule is Fc1ccccc1-c1ccnc(CCS)n1. The van der Waals surface area contributed by atoms with E-state index in [0.29, 0.717) is 29.3 Å². The number of hydrogen-bond donors (Lipinski definition) is 1. The first-order valence-electron chi connectivity index (χ1n) is 4.99. The summed E-state index contributed by atoms with van der Waals surface area (Å²) in [7, 11) is 0. The van der Waals surface area contributed by atoms with Crippen molar-refractivity contribution in [2.24, 2.45) is 0 Å². The zero-order valence-corrected chi connectivity index (χ0v) is 9.49. The molecule has 0 amide bonds. The molecule has 2 nitrogen and oxygen atoms in total. The molecular formula is C12H11FN2S. The maximum Gasteiger partial charge on any atom is 0.132 e. The summed E-state index contributed by atoms with van der Waals surface area (Å²) in [5, 5.41) is 0. The Balaban J connectivity index is 2.40. The van der Waals surface area contributed by atoms with Crippen LogP contribution >= 0.6 is 12.6 Å². The summed E-state index contributed by atoms with van der Waals surface area (Å²) >= 11 is 4.12. The molecule has 0 radical (unpaired) electrons. The van der Waals surface area contributed by atoms with Gasteiger partial charge in [-0.25, -0.2) is 14.4 Å². The van der Waals surface area contributed by atoms with Crippen molar-refractivity contribution in [2.75, 3.05) is 5.75 Å². The first-order chi connectivity index (χ1) is 7.81. The van der Waals surface area contributed by atoms with Crippen LogP contribution in [0.4, 0.5) is 4.39 Å². The average Bonchev–Trinajstić information content (AvgIpc) is 2.30. The zero-order valence-electron chi connectivity index (χ0n) is 8.60. The van der Waals surface area contributed by atoms with E-state index in [0.717, 1.165) is 0 Å². The Morgan fingerprint density at radius 1 is 1.19 bits per heavy atom. The smallest absolute Gasteiger partial charge is 0.132 e. The number of nitrogens with zero attached hydrogens (tertiary/aromatic N) is 2. The quantitative estimate of drug-likeness (QED) is 0.826. The van der Waals surface area contributed by atoms with Crippen LogP contribution in [-0.4, -0.2) is 15.7 Å². The second-order valence-corrected chi connectivity index (χ2v) is 3.76. The van der Waals surface area contributed by atoms with Crippen LogP contribution in [-0.2, 0) is 6.42 Å². The van der Waals surface area contributed by atoms with Crippen molar-refractivity contribution >= 4 is 12.6 Å². The topological polar surface area (TPSA) is 25.8 Å². The van der Waals surface area contributed by atoms with Gasteiger partial charge >= 0.3 is 0 Å². The third-order valence-corrected chi connectivity index (χ3v) is 2.41. The number of aryl methyl sites for hydroxylation is 1. The van der Waals surface area contributed by atoms with Gasteiger partial charge in [0.2, 0.25) is 0 Å². The van der Waals surface area contributed by atoms with Crippen LogP contribution in [0.2, 0.25) is 0 Å². The molecule has 0 aliphatic rings. The van der Waals surface area contributed by atoms with Crippen LogP contribution in [0.25, 0.3) is 11.3 Å². The minimum absolute atomic E-state index is 0.266. The molecule has 0 spiro atoms. The van der Waals surface area contributed by atoms with Gasteiger partial charge in [-0.05, 0) is 24.0 Å². The van der Waals surface area contributed by atoms with Crippen LogP contribution in [0.3, 0.4) is 0 Å². The summed E-state index contributed by atoms with van der Waals surface area (Å²) in [6, 6.07) is 8.30. The fourth-order valence-electron chi connectivity index (χ4n) is 1.44. The molecule has 0 unspecified atom stereocenters. The van der Waals surface area contributed by atoms with Gasteiger partial charge in [-0.15, -0.1) is 0 Å². The minimum Gasteiger partial charge on any atom is -0.241 e. The summed E-state index contributed by atoms with van der Waals surface area (Å²) in [6.45, 7) is 0. The lowest BCUT2D eigenvalue weighted by atomic mass is 10.1. The second kappa shape index (κ2) is 5.07. The van der Waals surface area contributed by atoms with E-state index in [9.17, 15) is 4.39 Å². The lowest BCUT2D eigenvalue weighted by Crippen LogP contribution is -1.98. The van der Waals surface area contributed by atoms with Crippen LogP contribution < -0.4 is 0 Å². The summed E-state index contributed by atoms with van der Waals surface area (Å²) in [6.07, 6.45) is 2.33. The van der Waals surface area contributed by atoms with E-state index in [1.807, 2.05) is 0 Å². The summed E-state index contributed by atoms with van der Waals surface area (Å²) in [5.74, 6) is 1.11. The molecule has 0 fully saturated rings. The first kappa shape index (κ1) is 11.1. The van der Waals surface area contributed by atoms with Gasteiger partial charge in [-0.2, -0.15) is 12.6 Å². The number of aromatic nitrogens is 2. The van der Waals surface area contributed by atoms with Gasteiger partial charge in [-0.1, -0.05) is 12.1 Å². The molecular weight excluding hydrogens is 223 g/mol. The van der Waals surface area contributed by atoms with Gasteiger partial charge in [0.15, 0.2) is 0 Å². The molecule has 82 valence electrons. The number of benzene rings is 1. The maximum absolute atomic E-state index is 13.5. The van der Waals surface area contributed by atoms with Crippen molar-refractivity contribution in [3.05, 3.63) is 48.2 Å². The highest BCUT2D eigenvalue weighted by atomic mass is 32.1. The second-order valence-electron chi connectivity index (χ2n) is 3.31. The highest BCUT2D eigenvalue weighted by molar-refractivity contribution is 7.80. The summed E-state index contributed by atoms with van der Waals surface area (Å²) < 4.78 is 13.5. The molecule has 1 aromatic heterocycles. The number of halogens is 1. The van der Waals surface area contributed by atoms with E-state index < -0.39 is 0 Å². The fraction of sp³-hybridized carbons (Fsp3) is 0.167. The molecule has 2 aromatic rings. The Labute approximate surface area is 99.0 Å². The average molecular weight is 234 g/mol. The number of thiol groups is 1. The predicted octanol–water partition coefficient (Wildman–Crippen LogP) is 2.76. The van der Waals surface area contributed by atoms with Crippen LogP contribution in [0.5, 0.6) is 0 Å². The van der Waals surface area contributed by atoms with Gasteiger partial charge in [0.1, 0.15) is 11.6 Å². The van der Waals surface area contributed by atoms with E-state index in [4.69, 9.17) is 0 Å². The molecule has 0 aliphatic carbocycles. The molecule has 0 saturated heterocycles. The van der Waals surface area contributed by atoms with E-state index in [2.05, 4.69) is 22.6 Å². The number of hydrogen-bond acceptors (Lipinski definition) is 3. The van der Waals surface area contributed by atoms with Crippen LogP contribution in [0.1, 0.15) is 5.82 Å². The molecule has 4 heteroatoms. The Hall–Kier alpha value is -1.42. The van der Waals surface area contributed by atoms with Crippen LogP contribution in [0.15, 0.2) is 36.5 Å². The maximum atomic E-state index is 13.5. The Kier molecular flexibility index (Phi) is 3.51. The number of rotatable bonds is 3. The van der Waals surface area contributed by atoms with Gasteiger partial charge in [0.25, 0.3) is 0 Å². The third kappa shape index (κ3) is 2.39. The van der Waals surface area contributed by atoms with Crippen molar-refractivity contribution < 1.29 is 4.39 Å². The normalized spacial score (nSPS) is 10.4. The van der Waals surface area contributed by atoms with E-state index >= 15 is 0 Å². The standard InChI is InChI=1S/C12H11FN2S/c13-10-4-2-1-3-9(10)11-5-7-14-12(15-11)6-8-16/h1-5,7,16H,6,8H2. The zero-order chi connectivity index (χ0) is 11.4. The molecule has 0 saturated carbocycles. The molecule has 0 N–H and O–H groups in total. The predicted molar refractivity (Wildman–Crippen MR) is 65.0 cm³/mol. The minimum atomic E-state index is -0.266. The fourth-order valence-corrected chi connectivity index (χ4v) is 1.64.